The molecule has 2 aliphatic rings. The average Bonchev–Trinajstić information content (AvgIpc) is 3.29. The van der Waals surface area contributed by atoms with Crippen molar-refractivity contribution in [3.05, 3.63) is 95.0 Å². The molecule has 1 fully saturated rings. The number of hydrogen-bond donors (Lipinski definition) is 1. The molecule has 166 valence electrons. The van der Waals surface area contributed by atoms with Crippen LogP contribution in [0.25, 0.3) is 0 Å². The molecule has 8 heteroatoms. The first-order chi connectivity index (χ1) is 16.0. The number of nitrogens with zero attached hydrogens (tertiary/aromatic N) is 2. The van der Waals surface area contributed by atoms with Crippen molar-refractivity contribution in [2.45, 2.75) is 11.4 Å². The number of thioether (sulfide) groups is 1. The molecule has 5 rings (SSSR count). The molecule has 0 unspecified atom stereocenters. The fraction of sp³-hybridized carbons (Fsp3) is 0.160. The number of nitrogens with one attached hydrogen (secondary N) is 1. The highest BCUT2D eigenvalue weighted by molar-refractivity contribution is 8.02. The number of benzene rings is 3. The van der Waals surface area contributed by atoms with Gasteiger partial charge in [0, 0.05) is 22.8 Å². The van der Waals surface area contributed by atoms with E-state index in [1.807, 2.05) is 54.6 Å². The lowest BCUT2D eigenvalue weighted by Gasteiger charge is -2.33. The highest BCUT2D eigenvalue weighted by atomic mass is 35.5. The van der Waals surface area contributed by atoms with Gasteiger partial charge in [-0.05, 0) is 29.8 Å². The minimum atomic E-state index is -1.27. The molecule has 1 saturated heterocycles. The standard InChI is InChI=1S/C25H20ClN3O3S/c26-18-9-6-10-19(13-18)29-23(31)16-33-25(29)20-11-4-5-12-21(20)28(24(25)32)15-22(30)27-14-17-7-2-1-3-8-17/h1-13H,14-16H2,(H,27,30)/t25-/m0/s1. The van der Waals surface area contributed by atoms with Gasteiger partial charge in [0.1, 0.15) is 6.54 Å². The monoisotopic (exact) mass is 477 g/mol. The lowest BCUT2D eigenvalue weighted by molar-refractivity contribution is -0.125. The van der Waals surface area contributed by atoms with E-state index in [0.29, 0.717) is 28.5 Å². The molecule has 0 aromatic heterocycles. The van der Waals surface area contributed by atoms with Gasteiger partial charge >= 0.3 is 0 Å². The van der Waals surface area contributed by atoms with Crippen molar-refractivity contribution in [3.63, 3.8) is 0 Å². The largest absolute Gasteiger partial charge is 0.350 e. The van der Waals surface area contributed by atoms with E-state index < -0.39 is 4.87 Å². The maximum Gasteiger partial charge on any atom is 0.269 e. The molecule has 3 amide bonds. The number of fused-ring (bicyclic) bond motifs is 2. The normalized spacial score (nSPS) is 19.3. The highest BCUT2D eigenvalue weighted by Gasteiger charge is 2.61. The Morgan fingerprint density at radius 3 is 2.55 bits per heavy atom. The summed E-state index contributed by atoms with van der Waals surface area (Å²) in [6.45, 7) is 0.235. The van der Waals surface area contributed by atoms with E-state index in [9.17, 15) is 14.4 Å². The van der Waals surface area contributed by atoms with Gasteiger partial charge in [-0.3, -0.25) is 24.2 Å². The summed E-state index contributed by atoms with van der Waals surface area (Å²) >= 11 is 7.46. The third-order valence-electron chi connectivity index (χ3n) is 5.76. The second-order valence-corrected chi connectivity index (χ2v) is 9.42. The Morgan fingerprint density at radius 1 is 1.00 bits per heavy atom. The molecule has 0 radical (unpaired) electrons. The van der Waals surface area contributed by atoms with Crippen LogP contribution >= 0.6 is 23.4 Å². The van der Waals surface area contributed by atoms with Crippen LogP contribution in [0.15, 0.2) is 78.9 Å². The number of para-hydroxylation sites is 1. The summed E-state index contributed by atoms with van der Waals surface area (Å²) in [6, 6.07) is 23.8. The maximum atomic E-state index is 13.9. The number of halogens is 1. The zero-order valence-electron chi connectivity index (χ0n) is 17.5. The topological polar surface area (TPSA) is 69.7 Å². The number of amides is 3. The van der Waals surface area contributed by atoms with Gasteiger partial charge < -0.3 is 5.32 Å². The maximum absolute atomic E-state index is 13.9. The Hall–Kier alpha value is -3.29. The predicted molar refractivity (Wildman–Crippen MR) is 130 cm³/mol. The molecule has 6 nitrogen and oxygen atoms in total. The van der Waals surface area contributed by atoms with Gasteiger partial charge in [-0.25, -0.2) is 0 Å². The van der Waals surface area contributed by atoms with E-state index in [2.05, 4.69) is 5.32 Å². The van der Waals surface area contributed by atoms with Gasteiger partial charge in [0.05, 0.1) is 11.4 Å². The first-order valence-electron chi connectivity index (χ1n) is 10.5. The molecule has 0 aliphatic carbocycles. The van der Waals surface area contributed by atoms with Crippen LogP contribution in [-0.4, -0.2) is 30.0 Å². The zero-order chi connectivity index (χ0) is 23.0. The van der Waals surface area contributed by atoms with Crippen LogP contribution in [0.2, 0.25) is 5.02 Å². The molecular weight excluding hydrogens is 458 g/mol. The fourth-order valence-electron chi connectivity index (χ4n) is 4.32. The molecule has 3 aromatic rings. The van der Waals surface area contributed by atoms with Crippen molar-refractivity contribution in [1.82, 2.24) is 5.32 Å². The van der Waals surface area contributed by atoms with Crippen LogP contribution in [-0.2, 0) is 25.8 Å². The van der Waals surface area contributed by atoms with E-state index in [1.54, 1.807) is 24.3 Å². The predicted octanol–water partition coefficient (Wildman–Crippen LogP) is 3.94. The molecule has 1 atom stereocenters. The molecular formula is C25H20ClN3O3S. The van der Waals surface area contributed by atoms with Gasteiger partial charge in [0.25, 0.3) is 5.91 Å². The van der Waals surface area contributed by atoms with E-state index in [0.717, 1.165) is 5.56 Å². The van der Waals surface area contributed by atoms with Gasteiger partial charge in [0.15, 0.2) is 0 Å². The average molecular weight is 478 g/mol. The molecule has 0 saturated carbocycles. The van der Waals surface area contributed by atoms with Gasteiger partial charge in [0.2, 0.25) is 16.7 Å². The minimum absolute atomic E-state index is 0.136. The van der Waals surface area contributed by atoms with Crippen molar-refractivity contribution in [3.8, 4) is 0 Å². The summed E-state index contributed by atoms with van der Waals surface area (Å²) < 4.78 is 0. The van der Waals surface area contributed by atoms with Crippen LogP contribution < -0.4 is 15.1 Å². The van der Waals surface area contributed by atoms with Gasteiger partial charge in [-0.2, -0.15) is 0 Å². The van der Waals surface area contributed by atoms with Crippen molar-refractivity contribution in [1.29, 1.82) is 0 Å². The lowest BCUT2D eigenvalue weighted by Crippen LogP contribution is -2.51. The summed E-state index contributed by atoms with van der Waals surface area (Å²) in [7, 11) is 0. The van der Waals surface area contributed by atoms with Crippen molar-refractivity contribution in [2.75, 3.05) is 22.1 Å². The smallest absolute Gasteiger partial charge is 0.269 e. The van der Waals surface area contributed by atoms with Crippen molar-refractivity contribution in [2.24, 2.45) is 0 Å². The molecule has 2 aliphatic heterocycles. The van der Waals surface area contributed by atoms with Crippen LogP contribution in [0.1, 0.15) is 11.1 Å². The number of rotatable bonds is 5. The van der Waals surface area contributed by atoms with Crippen molar-refractivity contribution >= 4 is 52.5 Å². The van der Waals surface area contributed by atoms with E-state index in [1.165, 1.54) is 21.6 Å². The van der Waals surface area contributed by atoms with Crippen LogP contribution in [0.4, 0.5) is 11.4 Å². The Kier molecular flexibility index (Phi) is 5.60. The van der Waals surface area contributed by atoms with Crippen LogP contribution in [0.5, 0.6) is 0 Å². The van der Waals surface area contributed by atoms with E-state index >= 15 is 0 Å². The molecule has 2 heterocycles. The summed E-state index contributed by atoms with van der Waals surface area (Å²) in [6.07, 6.45) is 0. The zero-order valence-corrected chi connectivity index (χ0v) is 19.1. The Morgan fingerprint density at radius 2 is 1.76 bits per heavy atom. The number of anilines is 2. The summed E-state index contributed by atoms with van der Waals surface area (Å²) in [5.41, 5.74) is 2.85. The Labute approximate surface area is 200 Å². The second-order valence-electron chi connectivity index (χ2n) is 7.81. The lowest BCUT2D eigenvalue weighted by atomic mass is 10.0. The third kappa shape index (κ3) is 3.67. The van der Waals surface area contributed by atoms with E-state index in [4.69, 9.17) is 11.6 Å². The first-order valence-corrected chi connectivity index (χ1v) is 11.8. The summed E-state index contributed by atoms with van der Waals surface area (Å²) in [4.78, 5) is 41.4. The van der Waals surface area contributed by atoms with Gasteiger partial charge in [-0.1, -0.05) is 66.2 Å². The fourth-order valence-corrected chi connectivity index (χ4v) is 5.87. The Balaban J connectivity index is 1.47. The molecule has 1 N–H and O–H groups in total. The molecule has 0 bridgehead atoms. The van der Waals surface area contributed by atoms with Gasteiger partial charge in [-0.15, -0.1) is 11.8 Å². The molecule has 3 aromatic carbocycles. The molecule has 1 spiro atoms. The highest BCUT2D eigenvalue weighted by Crippen LogP contribution is 2.55. The first kappa shape index (κ1) is 21.6. The summed E-state index contributed by atoms with van der Waals surface area (Å²) in [5.74, 6) is -0.612. The summed E-state index contributed by atoms with van der Waals surface area (Å²) in [5, 5.41) is 3.35. The van der Waals surface area contributed by atoms with Crippen LogP contribution in [0, 0.1) is 0 Å². The third-order valence-corrected chi connectivity index (χ3v) is 7.39. The Bertz CT molecular complexity index is 1250. The number of hydrogen-bond acceptors (Lipinski definition) is 4. The minimum Gasteiger partial charge on any atom is -0.350 e. The molecule has 33 heavy (non-hydrogen) atoms. The number of carbonyl (C=O) groups excluding carboxylic acids is 3. The number of carbonyl (C=O) groups is 3. The van der Waals surface area contributed by atoms with Crippen LogP contribution in [0.3, 0.4) is 0 Å². The van der Waals surface area contributed by atoms with Crippen molar-refractivity contribution < 1.29 is 14.4 Å². The van der Waals surface area contributed by atoms with E-state index in [-0.39, 0.29) is 30.0 Å². The quantitative estimate of drug-likeness (QED) is 0.604. The SMILES string of the molecule is O=C(CN1C(=O)[C@@]2(SCC(=O)N2c2cccc(Cl)c2)c2ccccc21)NCc1ccccc1. The second kappa shape index (κ2) is 8.57.